The van der Waals surface area contributed by atoms with Gasteiger partial charge in [-0.3, -0.25) is 9.59 Å². The van der Waals surface area contributed by atoms with Crippen LogP contribution in [-0.4, -0.2) is 45.3 Å². The SMILES string of the molecule is CC(C)C(=O)OCC(=O)Nc1cccc(S(=O)(=O)N(C)C)c1. The molecule has 0 unspecified atom stereocenters. The second-order valence-corrected chi connectivity index (χ2v) is 7.28. The van der Waals surface area contributed by atoms with Crippen molar-refractivity contribution in [3.05, 3.63) is 24.3 Å². The highest BCUT2D eigenvalue weighted by molar-refractivity contribution is 7.89. The smallest absolute Gasteiger partial charge is 0.308 e. The maximum atomic E-state index is 12.0. The first kappa shape index (κ1) is 18.1. The molecule has 1 aromatic carbocycles. The lowest BCUT2D eigenvalue weighted by Crippen LogP contribution is -2.24. The number of hydrogen-bond acceptors (Lipinski definition) is 5. The van der Waals surface area contributed by atoms with E-state index < -0.39 is 28.5 Å². The molecular formula is C14H20N2O5S. The fourth-order valence-corrected chi connectivity index (χ4v) is 2.39. The molecule has 1 aromatic rings. The third kappa shape index (κ3) is 4.81. The zero-order valence-corrected chi connectivity index (χ0v) is 13.8. The van der Waals surface area contributed by atoms with Crippen LogP contribution in [0.4, 0.5) is 5.69 Å². The fraction of sp³-hybridized carbons (Fsp3) is 0.429. The van der Waals surface area contributed by atoms with Gasteiger partial charge in [-0.25, -0.2) is 12.7 Å². The molecule has 0 aromatic heterocycles. The van der Waals surface area contributed by atoms with Crippen LogP contribution in [0, 0.1) is 5.92 Å². The number of rotatable bonds is 6. The Hall–Kier alpha value is -1.93. The molecule has 1 N–H and O–H groups in total. The molecule has 0 saturated carbocycles. The van der Waals surface area contributed by atoms with Crippen molar-refractivity contribution in [1.29, 1.82) is 0 Å². The molecule has 122 valence electrons. The van der Waals surface area contributed by atoms with Crippen molar-refractivity contribution in [2.24, 2.45) is 5.92 Å². The maximum Gasteiger partial charge on any atom is 0.308 e. The highest BCUT2D eigenvalue weighted by atomic mass is 32.2. The van der Waals surface area contributed by atoms with Crippen molar-refractivity contribution in [2.45, 2.75) is 18.7 Å². The molecule has 0 aliphatic carbocycles. The van der Waals surface area contributed by atoms with Crippen LogP contribution in [-0.2, 0) is 24.3 Å². The van der Waals surface area contributed by atoms with Gasteiger partial charge in [-0.1, -0.05) is 19.9 Å². The van der Waals surface area contributed by atoms with Crippen molar-refractivity contribution >= 4 is 27.6 Å². The quantitative estimate of drug-likeness (QED) is 0.789. The molecule has 22 heavy (non-hydrogen) atoms. The third-order valence-electron chi connectivity index (χ3n) is 2.71. The van der Waals surface area contributed by atoms with E-state index in [9.17, 15) is 18.0 Å². The number of benzene rings is 1. The highest BCUT2D eigenvalue weighted by Crippen LogP contribution is 2.17. The van der Waals surface area contributed by atoms with Crippen molar-refractivity contribution in [1.82, 2.24) is 4.31 Å². The Morgan fingerprint density at radius 2 is 1.91 bits per heavy atom. The van der Waals surface area contributed by atoms with E-state index in [0.29, 0.717) is 5.69 Å². The van der Waals surface area contributed by atoms with Crippen molar-refractivity contribution in [2.75, 3.05) is 26.0 Å². The first-order valence-electron chi connectivity index (χ1n) is 6.63. The summed E-state index contributed by atoms with van der Waals surface area (Å²) in [5.74, 6) is -1.33. The lowest BCUT2D eigenvalue weighted by atomic mass is 10.2. The number of anilines is 1. The topological polar surface area (TPSA) is 92.8 Å². The van der Waals surface area contributed by atoms with Gasteiger partial charge in [0.1, 0.15) is 0 Å². The molecular weight excluding hydrogens is 308 g/mol. The predicted octanol–water partition coefficient (Wildman–Crippen LogP) is 1.07. The zero-order chi connectivity index (χ0) is 16.9. The molecule has 0 bridgehead atoms. The molecule has 0 heterocycles. The van der Waals surface area contributed by atoms with E-state index in [2.05, 4.69) is 5.32 Å². The minimum atomic E-state index is -3.58. The van der Waals surface area contributed by atoms with Crippen LogP contribution in [0.1, 0.15) is 13.8 Å². The first-order chi connectivity index (χ1) is 10.1. The monoisotopic (exact) mass is 328 g/mol. The van der Waals surface area contributed by atoms with Gasteiger partial charge in [-0.15, -0.1) is 0 Å². The summed E-state index contributed by atoms with van der Waals surface area (Å²) in [5, 5.41) is 2.49. The Labute approximate surface area is 130 Å². The molecule has 0 radical (unpaired) electrons. The second-order valence-electron chi connectivity index (χ2n) is 5.13. The van der Waals surface area contributed by atoms with Gasteiger partial charge in [-0.2, -0.15) is 0 Å². The normalized spacial score (nSPS) is 11.5. The van der Waals surface area contributed by atoms with Crippen LogP contribution in [0.15, 0.2) is 29.2 Å². The average molecular weight is 328 g/mol. The number of hydrogen-bond donors (Lipinski definition) is 1. The first-order valence-corrected chi connectivity index (χ1v) is 8.07. The Kier molecular flexibility index (Phi) is 6.07. The fourth-order valence-electron chi connectivity index (χ4n) is 1.45. The van der Waals surface area contributed by atoms with Gasteiger partial charge in [0.05, 0.1) is 10.8 Å². The standard InChI is InChI=1S/C14H20N2O5S/c1-10(2)14(18)21-9-13(17)15-11-6-5-7-12(8-11)22(19,20)16(3)4/h5-8,10H,9H2,1-4H3,(H,15,17). The molecule has 0 spiro atoms. The van der Waals surface area contributed by atoms with Gasteiger partial charge in [-0.05, 0) is 18.2 Å². The lowest BCUT2D eigenvalue weighted by molar-refractivity contribution is -0.150. The summed E-state index contributed by atoms with van der Waals surface area (Å²) in [6.45, 7) is 2.91. The van der Waals surface area contributed by atoms with Crippen LogP contribution in [0.5, 0.6) is 0 Å². The Bertz CT molecular complexity index is 653. The Morgan fingerprint density at radius 1 is 1.27 bits per heavy atom. The summed E-state index contributed by atoms with van der Waals surface area (Å²) in [5.41, 5.74) is 0.313. The van der Waals surface area contributed by atoms with E-state index in [1.165, 1.54) is 32.3 Å². The van der Waals surface area contributed by atoms with Crippen molar-refractivity contribution in [3.8, 4) is 0 Å². The molecule has 0 aliphatic heterocycles. The molecule has 0 aliphatic rings. The highest BCUT2D eigenvalue weighted by Gasteiger charge is 2.18. The third-order valence-corrected chi connectivity index (χ3v) is 4.52. The van der Waals surface area contributed by atoms with Crippen molar-refractivity contribution in [3.63, 3.8) is 0 Å². The van der Waals surface area contributed by atoms with Crippen LogP contribution < -0.4 is 5.32 Å². The van der Waals surface area contributed by atoms with Gasteiger partial charge in [0, 0.05) is 19.8 Å². The van der Waals surface area contributed by atoms with E-state index in [1.807, 2.05) is 0 Å². The average Bonchev–Trinajstić information content (AvgIpc) is 2.44. The summed E-state index contributed by atoms with van der Waals surface area (Å²) < 4.78 is 29.9. The molecule has 0 saturated heterocycles. The van der Waals surface area contributed by atoms with Gasteiger partial charge >= 0.3 is 5.97 Å². The molecule has 0 fully saturated rings. The minimum Gasteiger partial charge on any atom is -0.455 e. The molecule has 0 atom stereocenters. The molecule has 8 heteroatoms. The summed E-state index contributed by atoms with van der Waals surface area (Å²) in [6.07, 6.45) is 0. The number of esters is 1. The zero-order valence-electron chi connectivity index (χ0n) is 13.0. The van der Waals surface area contributed by atoms with Crippen molar-refractivity contribution < 1.29 is 22.7 Å². The molecule has 1 rings (SSSR count). The van der Waals surface area contributed by atoms with Gasteiger partial charge < -0.3 is 10.1 Å². The van der Waals surface area contributed by atoms with E-state index in [4.69, 9.17) is 4.74 Å². The van der Waals surface area contributed by atoms with Gasteiger partial charge in [0.25, 0.3) is 5.91 Å². The predicted molar refractivity (Wildman–Crippen MR) is 81.7 cm³/mol. The number of sulfonamides is 1. The number of nitrogens with one attached hydrogen (secondary N) is 1. The second kappa shape index (κ2) is 7.37. The van der Waals surface area contributed by atoms with E-state index in [0.717, 1.165) is 4.31 Å². The number of amides is 1. The Balaban J connectivity index is 2.75. The van der Waals surface area contributed by atoms with Crippen LogP contribution in [0.2, 0.25) is 0 Å². The number of ether oxygens (including phenoxy) is 1. The van der Waals surface area contributed by atoms with E-state index in [1.54, 1.807) is 19.9 Å². The van der Waals surface area contributed by atoms with Gasteiger partial charge in [0.15, 0.2) is 6.61 Å². The Morgan fingerprint density at radius 3 is 2.45 bits per heavy atom. The molecule has 1 amide bonds. The van der Waals surface area contributed by atoms with E-state index >= 15 is 0 Å². The summed E-state index contributed by atoms with van der Waals surface area (Å²) in [7, 11) is -0.730. The number of carbonyl (C=O) groups excluding carboxylic acids is 2. The van der Waals surface area contributed by atoms with Crippen LogP contribution >= 0.6 is 0 Å². The van der Waals surface area contributed by atoms with Crippen LogP contribution in [0.25, 0.3) is 0 Å². The summed E-state index contributed by atoms with van der Waals surface area (Å²) >= 11 is 0. The maximum absolute atomic E-state index is 12.0. The minimum absolute atomic E-state index is 0.0643. The van der Waals surface area contributed by atoms with Crippen LogP contribution in [0.3, 0.4) is 0 Å². The lowest BCUT2D eigenvalue weighted by Gasteiger charge is -2.13. The number of nitrogens with zero attached hydrogens (tertiary/aromatic N) is 1. The van der Waals surface area contributed by atoms with E-state index in [-0.39, 0.29) is 10.8 Å². The summed E-state index contributed by atoms with van der Waals surface area (Å²) in [6, 6.07) is 5.85. The van der Waals surface area contributed by atoms with Gasteiger partial charge in [0.2, 0.25) is 10.0 Å². The largest absolute Gasteiger partial charge is 0.455 e. The summed E-state index contributed by atoms with van der Waals surface area (Å²) in [4.78, 5) is 23.0. The number of carbonyl (C=O) groups is 2. The molecule has 7 nitrogen and oxygen atoms in total.